The summed E-state index contributed by atoms with van der Waals surface area (Å²) in [4.78, 5) is 29.8. The maximum absolute atomic E-state index is 13.7. The van der Waals surface area contributed by atoms with E-state index in [-0.39, 0.29) is 22.3 Å². The van der Waals surface area contributed by atoms with Crippen molar-refractivity contribution in [3.63, 3.8) is 0 Å². The highest BCUT2D eigenvalue weighted by molar-refractivity contribution is 5.90. The maximum atomic E-state index is 13.7. The van der Waals surface area contributed by atoms with Gasteiger partial charge in [0.1, 0.15) is 0 Å². The zero-order valence-electron chi connectivity index (χ0n) is 14.0. The lowest BCUT2D eigenvalue weighted by molar-refractivity contribution is -0.136. The number of nitrogens with zero attached hydrogens (tertiary/aromatic N) is 2. The van der Waals surface area contributed by atoms with Gasteiger partial charge in [0.25, 0.3) is 5.56 Å². The number of pyridine rings is 1. The topological polar surface area (TPSA) is 67.8 Å². The fraction of sp³-hybridized carbons (Fsp3) is 0.105. The molecule has 0 amide bonds. The molecule has 2 aliphatic rings. The molecule has 0 fully saturated rings. The number of aromatic amines is 1. The average molecular weight is 371 g/mol. The molecule has 0 radical (unpaired) electrons. The highest BCUT2D eigenvalue weighted by atomic mass is 19.4. The molecule has 0 bridgehead atoms. The first-order valence-electron chi connectivity index (χ1n) is 7.99. The summed E-state index contributed by atoms with van der Waals surface area (Å²) in [5.41, 5.74) is -1.36. The number of benzene rings is 2. The van der Waals surface area contributed by atoms with Crippen molar-refractivity contribution in [3.8, 4) is 17.1 Å². The van der Waals surface area contributed by atoms with E-state index >= 15 is 0 Å². The molecule has 0 aromatic heterocycles. The van der Waals surface area contributed by atoms with Crippen LogP contribution in [-0.2, 0) is 6.18 Å². The van der Waals surface area contributed by atoms with E-state index < -0.39 is 23.0 Å². The van der Waals surface area contributed by atoms with Gasteiger partial charge in [-0.2, -0.15) is 18.2 Å². The number of aromatic nitrogens is 3. The van der Waals surface area contributed by atoms with E-state index in [0.29, 0.717) is 5.69 Å². The van der Waals surface area contributed by atoms with Gasteiger partial charge in [0.2, 0.25) is 0 Å². The van der Waals surface area contributed by atoms with Gasteiger partial charge in [0.15, 0.2) is 5.82 Å². The average Bonchev–Trinajstić information content (AvgIpc) is 2.60. The Morgan fingerprint density at radius 1 is 1.04 bits per heavy atom. The van der Waals surface area contributed by atoms with Crippen LogP contribution in [0.3, 0.4) is 0 Å². The maximum Gasteiger partial charge on any atom is 0.418 e. The Bertz CT molecular complexity index is 1250. The van der Waals surface area contributed by atoms with Crippen LogP contribution in [0.4, 0.5) is 13.2 Å². The minimum absolute atomic E-state index is 0.0296. The summed E-state index contributed by atoms with van der Waals surface area (Å²) in [7, 11) is 0. The molecule has 0 unspecified atom stereocenters. The molecular formula is C19H12F3N3O2. The largest absolute Gasteiger partial charge is 0.418 e. The summed E-state index contributed by atoms with van der Waals surface area (Å²) in [6.45, 7) is 1.84. The van der Waals surface area contributed by atoms with Crippen molar-refractivity contribution in [2.75, 3.05) is 0 Å². The van der Waals surface area contributed by atoms with E-state index in [9.17, 15) is 22.8 Å². The Balaban J connectivity index is 2.29. The van der Waals surface area contributed by atoms with Gasteiger partial charge in [0, 0.05) is 11.1 Å². The van der Waals surface area contributed by atoms with Gasteiger partial charge in [-0.3, -0.25) is 14.3 Å². The summed E-state index contributed by atoms with van der Waals surface area (Å²) in [6, 6.07) is 11.7. The first-order chi connectivity index (χ1) is 12.8. The van der Waals surface area contributed by atoms with Gasteiger partial charge in [-0.05, 0) is 31.2 Å². The number of halogens is 3. The summed E-state index contributed by atoms with van der Waals surface area (Å²) >= 11 is 0. The van der Waals surface area contributed by atoms with Gasteiger partial charge in [-0.15, -0.1) is 0 Å². The number of hydrogen-bond donors (Lipinski definition) is 1. The zero-order chi connectivity index (χ0) is 19.3. The summed E-state index contributed by atoms with van der Waals surface area (Å²) in [5, 5.41) is 0.212. The normalized spacial score (nSPS) is 12.0. The molecule has 0 aliphatic carbocycles. The third-order valence-electron chi connectivity index (χ3n) is 4.31. The second kappa shape index (κ2) is 5.80. The van der Waals surface area contributed by atoms with Crippen molar-refractivity contribution >= 4 is 10.9 Å². The lowest BCUT2D eigenvalue weighted by atomic mass is 10.0. The monoisotopic (exact) mass is 371 g/mol. The molecule has 4 rings (SSSR count). The highest BCUT2D eigenvalue weighted by Gasteiger charge is 2.34. The fourth-order valence-electron chi connectivity index (χ4n) is 3.11. The lowest BCUT2D eigenvalue weighted by Crippen LogP contribution is -2.27. The standard InChI is InChI=1S/C19H12F3N3O2/c1-10-5-7-12(8-6-10)25-15-11(3-2-4-14(15)19(20,21)22)9-13-16(25)23-18(27)24-17(13)26/h2-9H,1H3,(H,24,26,27). The first kappa shape index (κ1) is 17.0. The highest BCUT2D eigenvalue weighted by Crippen LogP contribution is 2.38. The van der Waals surface area contributed by atoms with Crippen molar-refractivity contribution in [1.29, 1.82) is 0 Å². The molecule has 2 aromatic rings. The molecule has 2 heterocycles. The second-order valence-electron chi connectivity index (χ2n) is 6.16. The quantitative estimate of drug-likeness (QED) is 0.521. The Labute approximate surface area is 150 Å². The zero-order valence-corrected chi connectivity index (χ0v) is 14.0. The molecule has 27 heavy (non-hydrogen) atoms. The van der Waals surface area contributed by atoms with Gasteiger partial charge < -0.3 is 0 Å². The lowest BCUT2D eigenvalue weighted by Gasteiger charge is -2.21. The molecule has 2 aliphatic heterocycles. The van der Waals surface area contributed by atoms with E-state index in [1.165, 1.54) is 22.8 Å². The number of fused-ring (bicyclic) bond motifs is 2. The van der Waals surface area contributed by atoms with E-state index in [0.717, 1.165) is 11.6 Å². The van der Waals surface area contributed by atoms with Crippen molar-refractivity contribution in [2.24, 2.45) is 0 Å². The van der Waals surface area contributed by atoms with Crippen LogP contribution in [0.2, 0.25) is 0 Å². The number of para-hydroxylation sites is 1. The molecule has 0 saturated heterocycles. The van der Waals surface area contributed by atoms with Gasteiger partial charge in [-0.25, -0.2) is 4.79 Å². The molecule has 8 heteroatoms. The number of rotatable bonds is 1. The van der Waals surface area contributed by atoms with Crippen molar-refractivity contribution in [2.45, 2.75) is 13.1 Å². The van der Waals surface area contributed by atoms with Crippen LogP contribution in [0.1, 0.15) is 11.1 Å². The summed E-state index contributed by atoms with van der Waals surface area (Å²) < 4.78 is 42.2. The Hall–Kier alpha value is -3.42. The third-order valence-corrected chi connectivity index (χ3v) is 4.31. The van der Waals surface area contributed by atoms with Crippen LogP contribution in [0.5, 0.6) is 0 Å². The fourth-order valence-corrected chi connectivity index (χ4v) is 3.11. The van der Waals surface area contributed by atoms with Crippen LogP contribution < -0.4 is 11.2 Å². The van der Waals surface area contributed by atoms with Crippen LogP contribution >= 0.6 is 0 Å². The molecule has 136 valence electrons. The predicted molar refractivity (Wildman–Crippen MR) is 94.3 cm³/mol. The Morgan fingerprint density at radius 3 is 2.41 bits per heavy atom. The second-order valence-corrected chi connectivity index (χ2v) is 6.16. The number of hydrogen-bond acceptors (Lipinski definition) is 3. The van der Waals surface area contributed by atoms with E-state index in [4.69, 9.17) is 0 Å². The molecule has 0 saturated carbocycles. The van der Waals surface area contributed by atoms with E-state index in [1.807, 2.05) is 6.92 Å². The molecule has 2 aromatic carbocycles. The van der Waals surface area contributed by atoms with Crippen LogP contribution in [0, 0.1) is 6.92 Å². The van der Waals surface area contributed by atoms with Crippen molar-refractivity contribution < 1.29 is 13.2 Å². The van der Waals surface area contributed by atoms with E-state index in [2.05, 4.69) is 9.97 Å². The number of alkyl halides is 3. The van der Waals surface area contributed by atoms with Crippen LogP contribution in [0.25, 0.3) is 28.0 Å². The van der Waals surface area contributed by atoms with Gasteiger partial charge >= 0.3 is 11.9 Å². The molecule has 5 nitrogen and oxygen atoms in total. The molecule has 0 atom stereocenters. The van der Waals surface area contributed by atoms with Crippen molar-refractivity contribution in [3.05, 3.63) is 80.5 Å². The predicted octanol–water partition coefficient (Wildman–Crippen LogP) is 3.51. The van der Waals surface area contributed by atoms with Crippen LogP contribution in [0.15, 0.2) is 58.1 Å². The minimum atomic E-state index is -4.62. The van der Waals surface area contributed by atoms with Gasteiger partial charge in [-0.1, -0.05) is 29.8 Å². The number of H-pyrrole nitrogens is 1. The Morgan fingerprint density at radius 2 is 1.74 bits per heavy atom. The number of nitrogens with one attached hydrogen (secondary N) is 1. The minimum Gasteiger partial charge on any atom is -0.293 e. The van der Waals surface area contributed by atoms with Crippen molar-refractivity contribution in [1.82, 2.24) is 14.5 Å². The van der Waals surface area contributed by atoms with E-state index in [1.54, 1.807) is 24.3 Å². The first-order valence-corrected chi connectivity index (χ1v) is 7.99. The smallest absolute Gasteiger partial charge is 0.293 e. The molecule has 1 N–H and O–H groups in total. The molecular weight excluding hydrogens is 359 g/mol. The Kier molecular flexibility index (Phi) is 3.66. The van der Waals surface area contributed by atoms with Gasteiger partial charge in [0.05, 0.1) is 16.6 Å². The summed E-state index contributed by atoms with van der Waals surface area (Å²) in [6.07, 6.45) is -4.62. The van der Waals surface area contributed by atoms with Crippen LogP contribution in [-0.4, -0.2) is 14.5 Å². The molecule has 0 spiro atoms. The SMILES string of the molecule is Cc1ccc(-n2c3nc(=O)[nH]c(=O)c-3cc3cccc(C(F)(F)F)c32)cc1. The third kappa shape index (κ3) is 2.79. The number of aryl methyl sites for hydroxylation is 1. The summed E-state index contributed by atoms with van der Waals surface area (Å²) in [5.74, 6) is -0.128.